The van der Waals surface area contributed by atoms with Gasteiger partial charge >= 0.3 is 6.03 Å². The second-order valence-electron chi connectivity index (χ2n) is 8.52. The summed E-state index contributed by atoms with van der Waals surface area (Å²) in [5.74, 6) is -2.02. The van der Waals surface area contributed by atoms with Crippen LogP contribution < -0.4 is 10.6 Å². The highest BCUT2D eigenvalue weighted by Gasteiger charge is 2.51. The van der Waals surface area contributed by atoms with E-state index in [9.17, 15) is 28.4 Å². The number of carbonyl (C=O) groups is 5. The van der Waals surface area contributed by atoms with Crippen LogP contribution in [0.4, 0.5) is 14.0 Å². The number of hydrogen-bond donors (Lipinski definition) is 2. The van der Waals surface area contributed by atoms with E-state index in [0.717, 1.165) is 35.5 Å². The Labute approximate surface area is 200 Å². The van der Waals surface area contributed by atoms with E-state index in [1.807, 2.05) is 0 Å². The summed E-state index contributed by atoms with van der Waals surface area (Å²) in [4.78, 5) is 64.4. The van der Waals surface area contributed by atoms with Crippen molar-refractivity contribution in [2.45, 2.75) is 44.1 Å². The molecule has 180 valence electrons. The lowest BCUT2D eigenvalue weighted by Crippen LogP contribution is -2.47. The average molecular weight is 489 g/mol. The molecule has 9 nitrogen and oxygen atoms in total. The molecule has 0 unspecified atom stereocenters. The standard InChI is InChI=1S/C23H25FN4O5S/c24-16-8-4-3-7-15(16)13-17-19(30)27(22(33)34-17)12-11-25-18(29)14-28-20(31)23(26-21(28)32)9-5-1-2-6-10-23/h3-4,7-8,13H,1-2,5-6,9-12,14H2,(H,25,29)(H,26,32)/b17-13-. The quantitative estimate of drug-likeness (QED) is 0.470. The summed E-state index contributed by atoms with van der Waals surface area (Å²) in [6, 6.07) is 5.33. The molecule has 3 aliphatic rings. The third-order valence-corrected chi connectivity index (χ3v) is 7.14. The highest BCUT2D eigenvalue weighted by Crippen LogP contribution is 2.33. The van der Waals surface area contributed by atoms with E-state index >= 15 is 0 Å². The third kappa shape index (κ3) is 4.84. The fourth-order valence-electron chi connectivity index (χ4n) is 4.42. The van der Waals surface area contributed by atoms with Gasteiger partial charge < -0.3 is 10.6 Å². The number of nitrogens with zero attached hydrogens (tertiary/aromatic N) is 2. The molecule has 2 N–H and O–H groups in total. The summed E-state index contributed by atoms with van der Waals surface area (Å²) < 4.78 is 13.8. The van der Waals surface area contributed by atoms with Crippen LogP contribution in [0.5, 0.6) is 0 Å². The van der Waals surface area contributed by atoms with Crippen LogP contribution >= 0.6 is 11.8 Å². The Balaban J connectivity index is 1.30. The normalized spacial score (nSPS) is 21.4. The molecule has 2 saturated heterocycles. The lowest BCUT2D eigenvalue weighted by Gasteiger charge is -2.24. The molecule has 1 saturated carbocycles. The summed E-state index contributed by atoms with van der Waals surface area (Å²) >= 11 is 0.698. The van der Waals surface area contributed by atoms with Gasteiger partial charge in [0, 0.05) is 18.7 Å². The summed E-state index contributed by atoms with van der Waals surface area (Å²) in [6.45, 7) is -0.560. The maximum Gasteiger partial charge on any atom is 0.325 e. The molecule has 1 aliphatic carbocycles. The zero-order valence-corrected chi connectivity index (χ0v) is 19.3. The van der Waals surface area contributed by atoms with Crippen molar-refractivity contribution in [1.29, 1.82) is 0 Å². The monoisotopic (exact) mass is 488 g/mol. The number of imide groups is 2. The van der Waals surface area contributed by atoms with Crippen LogP contribution in [0, 0.1) is 5.82 Å². The first-order valence-electron chi connectivity index (χ1n) is 11.2. The molecule has 11 heteroatoms. The lowest BCUT2D eigenvalue weighted by molar-refractivity contribution is -0.135. The Kier molecular flexibility index (Phi) is 7.01. The minimum Gasteiger partial charge on any atom is -0.353 e. The molecule has 3 fully saturated rings. The van der Waals surface area contributed by atoms with Crippen LogP contribution in [-0.4, -0.2) is 64.0 Å². The predicted molar refractivity (Wildman–Crippen MR) is 123 cm³/mol. The van der Waals surface area contributed by atoms with E-state index in [0.29, 0.717) is 24.6 Å². The summed E-state index contributed by atoms with van der Waals surface area (Å²) in [5.41, 5.74) is -0.721. The van der Waals surface area contributed by atoms with Gasteiger partial charge in [-0.05, 0) is 36.7 Å². The number of halogens is 1. The number of amides is 6. The van der Waals surface area contributed by atoms with E-state index in [1.165, 1.54) is 24.3 Å². The van der Waals surface area contributed by atoms with Gasteiger partial charge in [0.15, 0.2) is 0 Å². The zero-order chi connectivity index (χ0) is 24.3. The molecular formula is C23H25FN4O5S. The van der Waals surface area contributed by atoms with Crippen molar-refractivity contribution in [3.05, 3.63) is 40.6 Å². The lowest BCUT2D eigenvalue weighted by atomic mass is 9.90. The van der Waals surface area contributed by atoms with Crippen LogP contribution in [0.15, 0.2) is 29.2 Å². The molecule has 0 radical (unpaired) electrons. The second-order valence-corrected chi connectivity index (χ2v) is 9.52. The SMILES string of the molecule is O=C(CN1C(=O)NC2(CCCCCC2)C1=O)NCCN1C(=O)S/C(=C\c2ccccc2F)C1=O. The number of thioether (sulfide) groups is 1. The van der Waals surface area contributed by atoms with Gasteiger partial charge in [0.05, 0.1) is 4.91 Å². The minimum absolute atomic E-state index is 0.0430. The predicted octanol–water partition coefficient (Wildman–Crippen LogP) is 2.62. The van der Waals surface area contributed by atoms with Crippen molar-refractivity contribution in [2.24, 2.45) is 0 Å². The summed E-state index contributed by atoms with van der Waals surface area (Å²) in [7, 11) is 0. The highest BCUT2D eigenvalue weighted by atomic mass is 32.2. The van der Waals surface area contributed by atoms with E-state index < -0.39 is 41.0 Å². The first kappa shape index (κ1) is 23.9. The molecule has 1 aromatic rings. The minimum atomic E-state index is -0.916. The van der Waals surface area contributed by atoms with Crippen molar-refractivity contribution in [3.63, 3.8) is 0 Å². The Bertz CT molecular complexity index is 1070. The van der Waals surface area contributed by atoms with Gasteiger partial charge in [-0.25, -0.2) is 9.18 Å². The van der Waals surface area contributed by atoms with Gasteiger partial charge in [-0.2, -0.15) is 0 Å². The molecular weight excluding hydrogens is 463 g/mol. The fourth-order valence-corrected chi connectivity index (χ4v) is 5.28. The molecule has 2 aliphatic heterocycles. The van der Waals surface area contributed by atoms with Crippen LogP contribution in [0.3, 0.4) is 0 Å². The fraction of sp³-hybridized carbons (Fsp3) is 0.435. The topological polar surface area (TPSA) is 116 Å². The maximum atomic E-state index is 13.8. The number of hydrogen-bond acceptors (Lipinski definition) is 6. The third-order valence-electron chi connectivity index (χ3n) is 6.23. The van der Waals surface area contributed by atoms with Crippen LogP contribution in [-0.2, 0) is 14.4 Å². The highest BCUT2D eigenvalue weighted by molar-refractivity contribution is 8.18. The molecule has 2 heterocycles. The van der Waals surface area contributed by atoms with Crippen molar-refractivity contribution in [2.75, 3.05) is 19.6 Å². The Morgan fingerprint density at radius 3 is 2.50 bits per heavy atom. The Hall–Kier alpha value is -3.21. The smallest absolute Gasteiger partial charge is 0.325 e. The van der Waals surface area contributed by atoms with Crippen molar-refractivity contribution >= 4 is 46.8 Å². The van der Waals surface area contributed by atoms with Crippen LogP contribution in [0.1, 0.15) is 44.1 Å². The molecule has 34 heavy (non-hydrogen) atoms. The number of rotatable bonds is 6. The average Bonchev–Trinajstić information content (AvgIpc) is 3.06. The molecule has 1 aromatic carbocycles. The zero-order valence-electron chi connectivity index (χ0n) is 18.5. The number of urea groups is 1. The van der Waals surface area contributed by atoms with Gasteiger partial charge in [0.1, 0.15) is 17.9 Å². The van der Waals surface area contributed by atoms with E-state index in [1.54, 1.807) is 6.07 Å². The Morgan fingerprint density at radius 1 is 1.09 bits per heavy atom. The van der Waals surface area contributed by atoms with Gasteiger partial charge in [0.2, 0.25) is 5.91 Å². The summed E-state index contributed by atoms with van der Waals surface area (Å²) in [6.07, 6.45) is 6.15. The molecule has 0 aromatic heterocycles. The van der Waals surface area contributed by atoms with Crippen molar-refractivity contribution < 1.29 is 28.4 Å². The molecule has 4 rings (SSSR count). The molecule has 1 spiro atoms. The van der Waals surface area contributed by atoms with Crippen molar-refractivity contribution in [1.82, 2.24) is 20.4 Å². The second kappa shape index (κ2) is 9.96. The van der Waals surface area contributed by atoms with Crippen LogP contribution in [0.2, 0.25) is 0 Å². The largest absolute Gasteiger partial charge is 0.353 e. The molecule has 0 atom stereocenters. The number of benzene rings is 1. The van der Waals surface area contributed by atoms with E-state index in [2.05, 4.69) is 10.6 Å². The Morgan fingerprint density at radius 2 is 1.79 bits per heavy atom. The first-order chi connectivity index (χ1) is 16.3. The van der Waals surface area contributed by atoms with E-state index in [4.69, 9.17) is 0 Å². The maximum absolute atomic E-state index is 13.8. The van der Waals surface area contributed by atoms with Crippen LogP contribution in [0.25, 0.3) is 6.08 Å². The molecule has 6 amide bonds. The van der Waals surface area contributed by atoms with E-state index in [-0.39, 0.29) is 29.5 Å². The van der Waals surface area contributed by atoms with Gasteiger partial charge in [-0.3, -0.25) is 29.0 Å². The first-order valence-corrected chi connectivity index (χ1v) is 12.0. The summed E-state index contributed by atoms with van der Waals surface area (Å²) in [5, 5.41) is 4.81. The van der Waals surface area contributed by atoms with Gasteiger partial charge in [-0.15, -0.1) is 0 Å². The number of nitrogens with one attached hydrogen (secondary N) is 2. The van der Waals surface area contributed by atoms with Gasteiger partial charge in [0.25, 0.3) is 17.1 Å². The van der Waals surface area contributed by atoms with Gasteiger partial charge in [-0.1, -0.05) is 43.9 Å². The van der Waals surface area contributed by atoms with Crippen molar-refractivity contribution in [3.8, 4) is 0 Å². The molecule has 0 bridgehead atoms. The number of carbonyl (C=O) groups excluding carboxylic acids is 5.